The second kappa shape index (κ2) is 6.58. The van der Waals surface area contributed by atoms with E-state index in [0.717, 1.165) is 27.5 Å². The average molecular weight is 393 g/mol. The number of hydrogen-bond acceptors (Lipinski definition) is 3. The molecule has 1 aliphatic heterocycles. The number of para-hydroxylation sites is 2. The van der Waals surface area contributed by atoms with Crippen LogP contribution in [0.2, 0.25) is 0 Å². The van der Waals surface area contributed by atoms with E-state index >= 15 is 0 Å². The number of piperidine rings is 1. The summed E-state index contributed by atoms with van der Waals surface area (Å²) in [6.45, 7) is 0.240. The maximum absolute atomic E-state index is 13.9. The molecule has 0 atom stereocenters. The van der Waals surface area contributed by atoms with Crippen molar-refractivity contribution in [3.8, 4) is 0 Å². The molecule has 0 amide bonds. The summed E-state index contributed by atoms with van der Waals surface area (Å²) in [7, 11) is -4.14. The van der Waals surface area contributed by atoms with Gasteiger partial charge in [0.1, 0.15) is 16.5 Å². The Morgan fingerprint density at radius 1 is 1.04 bits per heavy atom. The Balaban J connectivity index is 1.59. The number of imidazole rings is 1. The lowest BCUT2D eigenvalue weighted by Crippen LogP contribution is -2.40. The molecule has 0 bridgehead atoms. The normalized spacial score (nSPS) is 16.8. The number of nitrogens with one attached hydrogen (secondary N) is 1. The van der Waals surface area contributed by atoms with E-state index in [1.807, 2.05) is 18.2 Å². The zero-order chi connectivity index (χ0) is 19.2. The fourth-order valence-corrected chi connectivity index (χ4v) is 5.14. The van der Waals surface area contributed by atoms with Gasteiger partial charge in [-0.3, -0.25) is 4.57 Å². The van der Waals surface area contributed by atoms with Crippen LogP contribution in [0.5, 0.6) is 0 Å². The molecule has 1 aliphatic rings. The molecular weight excluding hydrogens is 376 g/mol. The van der Waals surface area contributed by atoms with Gasteiger partial charge < -0.3 is 4.98 Å². The second-order valence-corrected chi connectivity index (χ2v) is 8.43. The van der Waals surface area contributed by atoms with Gasteiger partial charge in [0, 0.05) is 19.1 Å². The highest BCUT2D eigenvalue weighted by Gasteiger charge is 2.33. The van der Waals surface area contributed by atoms with Crippen molar-refractivity contribution in [1.29, 1.82) is 0 Å². The maximum atomic E-state index is 13.9. The van der Waals surface area contributed by atoms with Gasteiger partial charge in [-0.05, 0) is 43.2 Å². The van der Waals surface area contributed by atoms with Crippen LogP contribution in [0.1, 0.15) is 18.9 Å². The first kappa shape index (κ1) is 17.9. The van der Waals surface area contributed by atoms with Gasteiger partial charge in [0.25, 0.3) is 0 Å². The van der Waals surface area contributed by atoms with Crippen molar-refractivity contribution < 1.29 is 17.2 Å². The SMILES string of the molecule is O=c1[nH]c2ccccc2n1C1CCN(S(=O)(=O)c2cc(F)ccc2F)CC1. The molecule has 0 unspecified atom stereocenters. The third kappa shape index (κ3) is 3.06. The minimum atomic E-state index is -4.14. The van der Waals surface area contributed by atoms with Crippen molar-refractivity contribution >= 4 is 21.1 Å². The third-order valence-electron chi connectivity index (χ3n) is 4.92. The first-order valence-electron chi connectivity index (χ1n) is 8.52. The van der Waals surface area contributed by atoms with Gasteiger partial charge >= 0.3 is 5.69 Å². The Morgan fingerprint density at radius 3 is 2.48 bits per heavy atom. The molecule has 4 rings (SSSR count). The highest BCUT2D eigenvalue weighted by atomic mass is 32.2. The molecule has 1 aromatic heterocycles. The Labute approximate surface area is 154 Å². The van der Waals surface area contributed by atoms with Gasteiger partial charge in [-0.2, -0.15) is 4.31 Å². The zero-order valence-corrected chi connectivity index (χ0v) is 15.0. The fourth-order valence-electron chi connectivity index (χ4n) is 3.59. The Bertz CT molecular complexity index is 1160. The van der Waals surface area contributed by atoms with Gasteiger partial charge in [0.05, 0.1) is 11.0 Å². The molecule has 1 fully saturated rings. The summed E-state index contributed by atoms with van der Waals surface area (Å²) in [5.41, 5.74) is 1.24. The number of aromatic nitrogens is 2. The number of hydrogen-bond donors (Lipinski definition) is 1. The highest BCUT2D eigenvalue weighted by Crippen LogP contribution is 2.29. The molecular formula is C18H17F2N3O3S. The molecule has 142 valence electrons. The summed E-state index contributed by atoms with van der Waals surface area (Å²) in [6.07, 6.45) is 0.801. The minimum Gasteiger partial charge on any atom is -0.306 e. The summed E-state index contributed by atoms with van der Waals surface area (Å²) < 4.78 is 55.5. The van der Waals surface area contributed by atoms with E-state index in [1.54, 1.807) is 10.6 Å². The Morgan fingerprint density at radius 2 is 1.74 bits per heavy atom. The molecule has 27 heavy (non-hydrogen) atoms. The minimum absolute atomic E-state index is 0.120. The van der Waals surface area contributed by atoms with E-state index < -0.39 is 26.6 Å². The lowest BCUT2D eigenvalue weighted by atomic mass is 10.1. The number of fused-ring (bicyclic) bond motifs is 1. The largest absolute Gasteiger partial charge is 0.326 e. The monoisotopic (exact) mass is 393 g/mol. The van der Waals surface area contributed by atoms with Crippen LogP contribution in [0, 0.1) is 11.6 Å². The van der Waals surface area contributed by atoms with Gasteiger partial charge in [-0.25, -0.2) is 22.0 Å². The van der Waals surface area contributed by atoms with Crippen LogP contribution < -0.4 is 5.69 Å². The van der Waals surface area contributed by atoms with Crippen LogP contribution in [-0.4, -0.2) is 35.4 Å². The number of nitrogens with zero attached hydrogens (tertiary/aromatic N) is 2. The molecule has 1 saturated heterocycles. The molecule has 0 spiro atoms. The first-order valence-corrected chi connectivity index (χ1v) is 9.96. The Hall–Kier alpha value is -2.52. The molecule has 9 heteroatoms. The van der Waals surface area contributed by atoms with Gasteiger partial charge in [0.2, 0.25) is 10.0 Å². The van der Waals surface area contributed by atoms with E-state index in [9.17, 15) is 22.0 Å². The van der Waals surface area contributed by atoms with E-state index in [4.69, 9.17) is 0 Å². The van der Waals surface area contributed by atoms with Gasteiger partial charge in [0.15, 0.2) is 0 Å². The van der Waals surface area contributed by atoms with Crippen LogP contribution in [0.4, 0.5) is 8.78 Å². The van der Waals surface area contributed by atoms with E-state index in [-0.39, 0.29) is 24.8 Å². The van der Waals surface area contributed by atoms with Crippen molar-refractivity contribution in [3.05, 3.63) is 64.6 Å². The van der Waals surface area contributed by atoms with Crippen LogP contribution in [0.3, 0.4) is 0 Å². The van der Waals surface area contributed by atoms with Crippen LogP contribution in [0.25, 0.3) is 11.0 Å². The van der Waals surface area contributed by atoms with Gasteiger partial charge in [-0.1, -0.05) is 12.1 Å². The lowest BCUT2D eigenvalue weighted by molar-refractivity contribution is 0.273. The summed E-state index contributed by atoms with van der Waals surface area (Å²) in [5.74, 6) is -1.79. The summed E-state index contributed by atoms with van der Waals surface area (Å²) in [4.78, 5) is 14.4. The van der Waals surface area contributed by atoms with E-state index in [2.05, 4.69) is 4.98 Å². The highest BCUT2D eigenvalue weighted by molar-refractivity contribution is 7.89. The van der Waals surface area contributed by atoms with Crippen molar-refractivity contribution in [2.75, 3.05) is 13.1 Å². The average Bonchev–Trinajstić information content (AvgIpc) is 2.99. The predicted octanol–water partition coefficient (Wildman–Crippen LogP) is 2.63. The topological polar surface area (TPSA) is 75.2 Å². The molecule has 3 aromatic rings. The number of rotatable bonds is 3. The quantitative estimate of drug-likeness (QED) is 0.743. The second-order valence-electron chi connectivity index (χ2n) is 6.53. The molecule has 2 heterocycles. The number of H-pyrrole nitrogens is 1. The van der Waals surface area contributed by atoms with Crippen molar-refractivity contribution in [3.63, 3.8) is 0 Å². The van der Waals surface area contributed by atoms with Crippen LogP contribution in [-0.2, 0) is 10.0 Å². The standard InChI is InChI=1S/C18H17F2N3O3S/c19-12-5-6-14(20)17(11-12)27(25,26)22-9-7-13(8-10-22)23-16-4-2-1-3-15(16)21-18(23)24/h1-6,11,13H,7-10H2,(H,21,24). The summed E-state index contributed by atoms with van der Waals surface area (Å²) in [6, 6.07) is 9.50. The van der Waals surface area contributed by atoms with Crippen molar-refractivity contribution in [2.45, 2.75) is 23.8 Å². The fraction of sp³-hybridized carbons (Fsp3) is 0.278. The molecule has 6 nitrogen and oxygen atoms in total. The first-order chi connectivity index (χ1) is 12.9. The van der Waals surface area contributed by atoms with Crippen molar-refractivity contribution in [1.82, 2.24) is 13.9 Å². The van der Waals surface area contributed by atoms with Crippen molar-refractivity contribution in [2.24, 2.45) is 0 Å². The third-order valence-corrected chi connectivity index (χ3v) is 6.84. The van der Waals surface area contributed by atoms with E-state index in [0.29, 0.717) is 18.9 Å². The smallest absolute Gasteiger partial charge is 0.306 e. The molecule has 0 aliphatic carbocycles. The number of aromatic amines is 1. The van der Waals surface area contributed by atoms with Gasteiger partial charge in [-0.15, -0.1) is 0 Å². The predicted molar refractivity (Wildman–Crippen MR) is 95.9 cm³/mol. The zero-order valence-electron chi connectivity index (χ0n) is 14.2. The van der Waals surface area contributed by atoms with Crippen LogP contribution >= 0.6 is 0 Å². The summed E-state index contributed by atoms with van der Waals surface area (Å²) in [5, 5.41) is 0. The molecule has 1 N–H and O–H groups in total. The lowest BCUT2D eigenvalue weighted by Gasteiger charge is -2.31. The molecule has 0 saturated carbocycles. The Kier molecular flexibility index (Phi) is 4.35. The number of benzene rings is 2. The maximum Gasteiger partial charge on any atom is 0.326 e. The molecule has 2 aromatic carbocycles. The number of sulfonamides is 1. The van der Waals surface area contributed by atoms with Crippen LogP contribution in [0.15, 0.2) is 52.2 Å². The molecule has 0 radical (unpaired) electrons. The summed E-state index contributed by atoms with van der Waals surface area (Å²) >= 11 is 0. The number of halogens is 2. The van der Waals surface area contributed by atoms with E-state index in [1.165, 1.54) is 0 Å².